The second-order valence-corrected chi connectivity index (χ2v) is 5.28. The van der Waals surface area contributed by atoms with Crippen molar-refractivity contribution in [3.05, 3.63) is 30.2 Å². The van der Waals surface area contributed by atoms with Crippen molar-refractivity contribution in [2.24, 2.45) is 0 Å². The highest BCUT2D eigenvalue weighted by Gasteiger charge is 2.22. The molecule has 0 radical (unpaired) electrons. The largest absolute Gasteiger partial charge is 0.488 e. The summed E-state index contributed by atoms with van der Waals surface area (Å²) in [6, 6.07) is 6.87. The van der Waals surface area contributed by atoms with Gasteiger partial charge in [0.25, 0.3) is 0 Å². The van der Waals surface area contributed by atoms with Crippen molar-refractivity contribution in [1.29, 1.82) is 0 Å². The first kappa shape index (κ1) is 13.3. The molecule has 0 spiro atoms. The molecule has 2 aromatic rings. The van der Waals surface area contributed by atoms with E-state index in [1.807, 2.05) is 6.07 Å². The van der Waals surface area contributed by atoms with E-state index in [1.165, 1.54) is 19.3 Å². The van der Waals surface area contributed by atoms with Crippen LogP contribution in [-0.2, 0) is 0 Å². The standard InChI is InChI=1S/C14H17BN2O3/c18-15(19)12-8-4-7-11(9-12)14-17-16-13(20-14)10-5-2-1-3-6-10/h4,7-10,18-19H,1-3,5-6H2. The van der Waals surface area contributed by atoms with Gasteiger partial charge in [-0.25, -0.2) is 0 Å². The Morgan fingerprint density at radius 3 is 2.65 bits per heavy atom. The topological polar surface area (TPSA) is 79.4 Å². The normalized spacial score (nSPS) is 16.3. The van der Waals surface area contributed by atoms with Gasteiger partial charge in [-0.1, -0.05) is 31.4 Å². The van der Waals surface area contributed by atoms with Gasteiger partial charge in [0.1, 0.15) is 0 Å². The van der Waals surface area contributed by atoms with Gasteiger partial charge >= 0.3 is 7.12 Å². The molecule has 0 unspecified atom stereocenters. The second kappa shape index (κ2) is 5.77. The van der Waals surface area contributed by atoms with Gasteiger partial charge in [0, 0.05) is 11.5 Å². The Morgan fingerprint density at radius 1 is 1.10 bits per heavy atom. The number of rotatable bonds is 3. The van der Waals surface area contributed by atoms with Crippen LogP contribution in [0.25, 0.3) is 11.5 Å². The third kappa shape index (κ3) is 2.76. The Labute approximate surface area is 117 Å². The molecule has 20 heavy (non-hydrogen) atoms. The predicted octanol–water partition coefficient (Wildman–Crippen LogP) is 1.46. The SMILES string of the molecule is OB(O)c1cccc(-c2nnc(C3CCCCC3)o2)c1. The van der Waals surface area contributed by atoms with Crippen molar-refractivity contribution in [3.8, 4) is 11.5 Å². The maximum absolute atomic E-state index is 9.19. The molecule has 2 N–H and O–H groups in total. The van der Waals surface area contributed by atoms with E-state index in [1.54, 1.807) is 18.2 Å². The van der Waals surface area contributed by atoms with E-state index < -0.39 is 7.12 Å². The number of nitrogens with zero attached hydrogens (tertiary/aromatic N) is 2. The van der Waals surface area contributed by atoms with Gasteiger partial charge in [-0.2, -0.15) is 0 Å². The number of hydrogen-bond acceptors (Lipinski definition) is 5. The van der Waals surface area contributed by atoms with Crippen LogP contribution in [0.15, 0.2) is 28.7 Å². The van der Waals surface area contributed by atoms with Gasteiger partial charge in [0.15, 0.2) is 0 Å². The highest BCUT2D eigenvalue weighted by Crippen LogP contribution is 2.32. The first-order chi connectivity index (χ1) is 9.74. The zero-order valence-electron chi connectivity index (χ0n) is 11.2. The molecule has 1 aliphatic carbocycles. The number of benzene rings is 1. The quantitative estimate of drug-likeness (QED) is 0.827. The zero-order valence-corrected chi connectivity index (χ0v) is 11.2. The summed E-state index contributed by atoms with van der Waals surface area (Å²) < 4.78 is 5.76. The van der Waals surface area contributed by atoms with Crippen LogP contribution in [0.3, 0.4) is 0 Å². The lowest BCUT2D eigenvalue weighted by molar-refractivity contribution is 0.367. The number of aromatic nitrogens is 2. The van der Waals surface area contributed by atoms with E-state index in [0.717, 1.165) is 12.8 Å². The maximum atomic E-state index is 9.19. The van der Waals surface area contributed by atoms with Crippen LogP contribution in [0.5, 0.6) is 0 Å². The molecule has 104 valence electrons. The van der Waals surface area contributed by atoms with Crippen LogP contribution in [0.1, 0.15) is 43.9 Å². The molecule has 1 heterocycles. The van der Waals surface area contributed by atoms with Gasteiger partial charge in [-0.3, -0.25) is 0 Å². The van der Waals surface area contributed by atoms with E-state index in [9.17, 15) is 10.0 Å². The third-order valence-electron chi connectivity index (χ3n) is 3.83. The number of hydrogen-bond donors (Lipinski definition) is 2. The average molecular weight is 272 g/mol. The molecule has 0 bridgehead atoms. The molecule has 1 aromatic heterocycles. The summed E-state index contributed by atoms with van der Waals surface area (Å²) in [5.74, 6) is 1.51. The van der Waals surface area contributed by atoms with E-state index in [4.69, 9.17) is 4.42 Å². The second-order valence-electron chi connectivity index (χ2n) is 5.28. The van der Waals surface area contributed by atoms with Crippen molar-refractivity contribution in [1.82, 2.24) is 10.2 Å². The summed E-state index contributed by atoms with van der Waals surface area (Å²) >= 11 is 0. The molecule has 1 aromatic carbocycles. The third-order valence-corrected chi connectivity index (χ3v) is 3.83. The van der Waals surface area contributed by atoms with Gasteiger partial charge in [-0.15, -0.1) is 10.2 Å². The van der Waals surface area contributed by atoms with E-state index in [0.29, 0.717) is 28.7 Å². The Morgan fingerprint density at radius 2 is 1.90 bits per heavy atom. The lowest BCUT2D eigenvalue weighted by atomic mass is 9.80. The van der Waals surface area contributed by atoms with Crippen LogP contribution >= 0.6 is 0 Å². The average Bonchev–Trinajstić information content (AvgIpc) is 2.98. The van der Waals surface area contributed by atoms with Crippen molar-refractivity contribution >= 4 is 12.6 Å². The fraction of sp³-hybridized carbons (Fsp3) is 0.429. The van der Waals surface area contributed by atoms with Crippen LogP contribution in [-0.4, -0.2) is 27.4 Å². The van der Waals surface area contributed by atoms with Crippen molar-refractivity contribution in [2.45, 2.75) is 38.0 Å². The minimum absolute atomic E-state index is 0.372. The molecule has 1 saturated carbocycles. The molecule has 0 saturated heterocycles. The highest BCUT2D eigenvalue weighted by atomic mass is 16.4. The van der Waals surface area contributed by atoms with Crippen molar-refractivity contribution in [3.63, 3.8) is 0 Å². The summed E-state index contributed by atoms with van der Waals surface area (Å²) in [6.07, 6.45) is 5.94. The summed E-state index contributed by atoms with van der Waals surface area (Å²) in [5.41, 5.74) is 1.13. The molecular formula is C14H17BN2O3. The Hall–Kier alpha value is -1.66. The summed E-state index contributed by atoms with van der Waals surface area (Å²) in [5, 5.41) is 26.6. The molecule has 1 aliphatic rings. The molecular weight excluding hydrogens is 255 g/mol. The summed E-state index contributed by atoms with van der Waals surface area (Å²) in [4.78, 5) is 0. The van der Waals surface area contributed by atoms with Gasteiger partial charge < -0.3 is 14.5 Å². The molecule has 0 amide bonds. The van der Waals surface area contributed by atoms with Crippen LogP contribution in [0, 0.1) is 0 Å². The zero-order chi connectivity index (χ0) is 13.9. The minimum Gasteiger partial charge on any atom is -0.423 e. The van der Waals surface area contributed by atoms with Crippen molar-refractivity contribution < 1.29 is 14.5 Å². The predicted molar refractivity (Wildman–Crippen MR) is 75.4 cm³/mol. The molecule has 3 rings (SSSR count). The molecule has 1 fully saturated rings. The Balaban J connectivity index is 1.84. The lowest BCUT2D eigenvalue weighted by Gasteiger charge is -2.17. The van der Waals surface area contributed by atoms with Crippen LogP contribution in [0.4, 0.5) is 0 Å². The smallest absolute Gasteiger partial charge is 0.423 e. The van der Waals surface area contributed by atoms with E-state index in [-0.39, 0.29) is 0 Å². The van der Waals surface area contributed by atoms with Crippen LogP contribution < -0.4 is 5.46 Å². The molecule has 5 nitrogen and oxygen atoms in total. The van der Waals surface area contributed by atoms with E-state index in [2.05, 4.69) is 10.2 Å². The first-order valence-corrected chi connectivity index (χ1v) is 7.04. The summed E-state index contributed by atoms with van der Waals surface area (Å²) in [6.45, 7) is 0. The minimum atomic E-state index is -1.49. The van der Waals surface area contributed by atoms with Gasteiger partial charge in [0.2, 0.25) is 11.8 Å². The van der Waals surface area contributed by atoms with E-state index >= 15 is 0 Å². The van der Waals surface area contributed by atoms with Crippen molar-refractivity contribution in [2.75, 3.05) is 0 Å². The molecule has 6 heteroatoms. The summed E-state index contributed by atoms with van der Waals surface area (Å²) in [7, 11) is -1.49. The monoisotopic (exact) mass is 272 g/mol. The molecule has 0 atom stereocenters. The fourth-order valence-corrected chi connectivity index (χ4v) is 2.70. The Kier molecular flexibility index (Phi) is 3.85. The highest BCUT2D eigenvalue weighted by molar-refractivity contribution is 6.58. The maximum Gasteiger partial charge on any atom is 0.488 e. The Bertz CT molecular complexity index is 579. The lowest BCUT2D eigenvalue weighted by Crippen LogP contribution is -2.29. The van der Waals surface area contributed by atoms with Gasteiger partial charge in [-0.05, 0) is 30.4 Å². The van der Waals surface area contributed by atoms with Gasteiger partial charge in [0.05, 0.1) is 0 Å². The van der Waals surface area contributed by atoms with Crippen LogP contribution in [0.2, 0.25) is 0 Å². The fourth-order valence-electron chi connectivity index (χ4n) is 2.70. The first-order valence-electron chi connectivity index (χ1n) is 7.04. The molecule has 0 aliphatic heterocycles.